The molecule has 1 aliphatic carbocycles. The van der Waals surface area contributed by atoms with Crippen LogP contribution >= 0.6 is 11.6 Å². The van der Waals surface area contributed by atoms with E-state index in [0.717, 1.165) is 10.6 Å². The van der Waals surface area contributed by atoms with Gasteiger partial charge in [0.05, 0.1) is 22.3 Å². The van der Waals surface area contributed by atoms with Crippen LogP contribution in [0, 0.1) is 5.82 Å². The number of sulfonamides is 1. The van der Waals surface area contributed by atoms with E-state index in [1.807, 2.05) is 0 Å². The van der Waals surface area contributed by atoms with Crippen molar-refractivity contribution in [3.63, 3.8) is 0 Å². The highest BCUT2D eigenvalue weighted by atomic mass is 35.5. The summed E-state index contributed by atoms with van der Waals surface area (Å²) in [7, 11) is 3.35. The van der Waals surface area contributed by atoms with Crippen LogP contribution in [0.25, 0.3) is 0 Å². The highest BCUT2D eigenvalue weighted by molar-refractivity contribution is 7.93. The summed E-state index contributed by atoms with van der Waals surface area (Å²) in [5.41, 5.74) is -0.258. The highest BCUT2D eigenvalue weighted by Gasteiger charge is 2.36. The van der Waals surface area contributed by atoms with Crippen molar-refractivity contribution in [2.24, 2.45) is 7.05 Å². The van der Waals surface area contributed by atoms with Crippen molar-refractivity contribution >= 4 is 52.0 Å². The molecule has 0 amide bonds. The molecule has 0 aliphatic heterocycles. The van der Waals surface area contributed by atoms with E-state index in [1.54, 1.807) is 0 Å². The van der Waals surface area contributed by atoms with Gasteiger partial charge in [0.15, 0.2) is 0 Å². The third kappa shape index (κ3) is 3.67. The lowest BCUT2D eigenvalue weighted by Crippen LogP contribution is -2.23. The van der Waals surface area contributed by atoms with E-state index in [-0.39, 0.29) is 27.5 Å². The SMILES string of the molecule is [B]c1ccc(Nc2c(NS(=O)(=O)C3CC3)cn(C)c(=O)c2Cl)c(F)c1. The lowest BCUT2D eigenvalue weighted by atomic mass is 9.96. The van der Waals surface area contributed by atoms with Crippen LogP contribution in [0.2, 0.25) is 5.02 Å². The Morgan fingerprint density at radius 1 is 1.32 bits per heavy atom. The third-order valence-corrected chi connectivity index (χ3v) is 5.99. The first-order valence-corrected chi connectivity index (χ1v) is 9.34. The Balaban J connectivity index is 2.07. The van der Waals surface area contributed by atoms with Gasteiger partial charge in [-0.2, -0.15) is 0 Å². The van der Waals surface area contributed by atoms with Gasteiger partial charge in [-0.05, 0) is 25.0 Å². The molecule has 1 fully saturated rings. The van der Waals surface area contributed by atoms with E-state index in [9.17, 15) is 17.6 Å². The molecule has 3 rings (SSSR count). The average molecular weight is 382 g/mol. The second-order valence-corrected chi connectivity index (χ2v) is 8.20. The molecule has 1 aromatic carbocycles. The van der Waals surface area contributed by atoms with Crippen LogP contribution < -0.4 is 21.1 Å². The van der Waals surface area contributed by atoms with Gasteiger partial charge in [-0.15, -0.1) is 0 Å². The zero-order valence-corrected chi connectivity index (χ0v) is 14.8. The summed E-state index contributed by atoms with van der Waals surface area (Å²) in [5.74, 6) is -0.659. The molecule has 0 saturated heterocycles. The van der Waals surface area contributed by atoms with Gasteiger partial charge in [0, 0.05) is 13.2 Å². The van der Waals surface area contributed by atoms with Crippen molar-refractivity contribution in [3.05, 3.63) is 45.6 Å². The van der Waals surface area contributed by atoms with Crippen molar-refractivity contribution < 1.29 is 12.8 Å². The molecule has 10 heteroatoms. The number of aromatic nitrogens is 1. The van der Waals surface area contributed by atoms with Crippen molar-refractivity contribution in [3.8, 4) is 0 Å². The van der Waals surface area contributed by atoms with Crippen LogP contribution in [0.15, 0.2) is 29.2 Å². The summed E-state index contributed by atoms with van der Waals surface area (Å²) >= 11 is 6.08. The van der Waals surface area contributed by atoms with Gasteiger partial charge in [-0.1, -0.05) is 23.1 Å². The van der Waals surface area contributed by atoms with Gasteiger partial charge in [0.25, 0.3) is 5.56 Å². The largest absolute Gasteiger partial charge is 0.350 e. The number of pyridine rings is 1. The predicted molar refractivity (Wildman–Crippen MR) is 97.3 cm³/mol. The summed E-state index contributed by atoms with van der Waals surface area (Å²) in [6, 6.07) is 3.94. The standard InChI is InChI=1S/C15H14BClFN3O3S/c1-21-7-12(20-25(23,24)9-3-4-9)14(13(17)15(21)22)19-11-5-2-8(16)6-10(11)18/h2,5-7,9,19-20H,3-4H2,1H3. The fraction of sp³-hybridized carbons (Fsp3) is 0.267. The Morgan fingerprint density at radius 2 is 2.00 bits per heavy atom. The molecule has 0 bridgehead atoms. The number of halogens is 2. The number of hydrogen-bond acceptors (Lipinski definition) is 4. The first kappa shape index (κ1) is 17.8. The molecule has 2 N–H and O–H groups in total. The molecule has 1 saturated carbocycles. The van der Waals surface area contributed by atoms with Crippen LogP contribution in [-0.2, 0) is 17.1 Å². The Hall–Kier alpha value is -2.00. The molecule has 2 aromatic rings. The molecule has 1 aromatic heterocycles. The molecular weight excluding hydrogens is 368 g/mol. The number of anilines is 3. The summed E-state index contributed by atoms with van der Waals surface area (Å²) < 4.78 is 42.1. The van der Waals surface area contributed by atoms with E-state index in [2.05, 4.69) is 10.0 Å². The van der Waals surface area contributed by atoms with Crippen molar-refractivity contribution in [2.75, 3.05) is 10.0 Å². The maximum atomic E-state index is 14.0. The fourth-order valence-corrected chi connectivity index (χ4v) is 3.95. The van der Waals surface area contributed by atoms with Gasteiger partial charge in [0.1, 0.15) is 18.7 Å². The average Bonchev–Trinajstić information content (AvgIpc) is 3.36. The molecular formula is C15H14BClFN3O3S. The lowest BCUT2D eigenvalue weighted by molar-refractivity contribution is 0.600. The Bertz CT molecular complexity index is 1010. The maximum Gasteiger partial charge on any atom is 0.271 e. The molecule has 0 atom stereocenters. The second-order valence-electron chi connectivity index (χ2n) is 5.86. The number of rotatable bonds is 5. The third-order valence-electron chi connectivity index (χ3n) is 3.79. The van der Waals surface area contributed by atoms with E-state index in [4.69, 9.17) is 19.4 Å². The topological polar surface area (TPSA) is 80.2 Å². The van der Waals surface area contributed by atoms with Gasteiger partial charge in [-0.3, -0.25) is 9.52 Å². The van der Waals surface area contributed by atoms with Crippen molar-refractivity contribution in [1.29, 1.82) is 0 Å². The summed E-state index contributed by atoms with van der Waals surface area (Å²) in [6.45, 7) is 0. The van der Waals surface area contributed by atoms with Crippen LogP contribution in [0.4, 0.5) is 21.5 Å². The van der Waals surface area contributed by atoms with Crippen LogP contribution in [0.1, 0.15) is 12.8 Å². The van der Waals surface area contributed by atoms with Gasteiger partial charge in [-0.25, -0.2) is 12.8 Å². The van der Waals surface area contributed by atoms with E-state index >= 15 is 0 Å². The molecule has 0 spiro atoms. The normalized spacial score (nSPS) is 14.4. The van der Waals surface area contributed by atoms with Gasteiger partial charge < -0.3 is 9.88 Å². The second kappa shape index (κ2) is 6.38. The first-order valence-electron chi connectivity index (χ1n) is 7.42. The number of benzene rings is 1. The number of hydrogen-bond donors (Lipinski definition) is 2. The van der Waals surface area contributed by atoms with Gasteiger partial charge >= 0.3 is 0 Å². The minimum absolute atomic E-state index is 0.0104. The van der Waals surface area contributed by atoms with E-state index in [1.165, 1.54) is 25.4 Å². The summed E-state index contributed by atoms with van der Waals surface area (Å²) in [5, 5.41) is 1.96. The number of aryl methyl sites for hydroxylation is 1. The molecule has 6 nitrogen and oxygen atoms in total. The Labute approximate surface area is 150 Å². The zero-order chi connectivity index (χ0) is 18.4. The maximum absolute atomic E-state index is 14.0. The van der Waals surface area contributed by atoms with Crippen LogP contribution in [0.5, 0.6) is 0 Å². The number of nitrogens with zero attached hydrogens (tertiary/aromatic N) is 1. The Kier molecular flexibility index (Phi) is 4.55. The van der Waals surface area contributed by atoms with E-state index < -0.39 is 26.6 Å². The fourth-order valence-electron chi connectivity index (χ4n) is 2.28. The summed E-state index contributed by atoms with van der Waals surface area (Å²) in [4.78, 5) is 12.1. The minimum Gasteiger partial charge on any atom is -0.350 e. The van der Waals surface area contributed by atoms with Crippen LogP contribution in [-0.4, -0.2) is 26.1 Å². The Morgan fingerprint density at radius 3 is 2.60 bits per heavy atom. The smallest absolute Gasteiger partial charge is 0.271 e. The molecule has 2 radical (unpaired) electrons. The quantitative estimate of drug-likeness (QED) is 0.771. The van der Waals surface area contributed by atoms with E-state index in [0.29, 0.717) is 12.8 Å². The van der Waals surface area contributed by atoms with Crippen molar-refractivity contribution in [1.82, 2.24) is 4.57 Å². The van der Waals surface area contributed by atoms with Crippen LogP contribution in [0.3, 0.4) is 0 Å². The molecule has 0 unspecified atom stereocenters. The lowest BCUT2D eigenvalue weighted by Gasteiger charge is -2.17. The number of nitrogens with one attached hydrogen (secondary N) is 2. The summed E-state index contributed by atoms with van der Waals surface area (Å²) in [6.07, 6.45) is 2.44. The predicted octanol–water partition coefficient (Wildman–Crippen LogP) is 1.62. The monoisotopic (exact) mass is 381 g/mol. The zero-order valence-electron chi connectivity index (χ0n) is 13.2. The minimum atomic E-state index is -3.60. The van der Waals surface area contributed by atoms with Gasteiger partial charge in [0.2, 0.25) is 10.0 Å². The molecule has 1 aliphatic rings. The molecule has 1 heterocycles. The highest BCUT2D eigenvalue weighted by Crippen LogP contribution is 2.35. The first-order chi connectivity index (χ1) is 11.7. The molecule has 25 heavy (non-hydrogen) atoms. The van der Waals surface area contributed by atoms with Crippen molar-refractivity contribution in [2.45, 2.75) is 18.1 Å². The molecule has 130 valence electrons.